The van der Waals surface area contributed by atoms with E-state index in [4.69, 9.17) is 29.1 Å². The van der Waals surface area contributed by atoms with Crippen LogP contribution in [-0.4, -0.2) is 70.1 Å². The average molecular weight is 631 g/mol. The molecule has 1 aromatic heterocycles. The summed E-state index contributed by atoms with van der Waals surface area (Å²) in [6.45, 7) is 8.69. The van der Waals surface area contributed by atoms with E-state index in [2.05, 4.69) is 5.32 Å². The summed E-state index contributed by atoms with van der Waals surface area (Å²) in [5.41, 5.74) is 4.54. The van der Waals surface area contributed by atoms with Gasteiger partial charge < -0.3 is 55.2 Å². The Balaban J connectivity index is 0.00000552. The molecule has 0 bridgehead atoms. The molecule has 1 aliphatic rings. The van der Waals surface area contributed by atoms with Gasteiger partial charge in [-0.3, -0.25) is 4.79 Å². The van der Waals surface area contributed by atoms with Crippen LogP contribution < -0.4 is 21.4 Å². The van der Waals surface area contributed by atoms with Crippen LogP contribution in [0, 0.1) is 6.92 Å². The third kappa shape index (κ3) is 7.20. The SMILES string of the molecule is CO[C@@H]1[C@@H](OC(N)=O)[C@@H](O)[C@H](Oc2ccc3c(O)c(NC(=O)c4ccc(O)c(CC=C(C)C)c4)c(=O)oc3c2C)OC1(C)C.O. The second-order valence-electron chi connectivity index (χ2n) is 11.2. The number of phenolic OH excluding ortho intramolecular Hbond substituents is 1. The van der Waals surface area contributed by atoms with Crippen LogP contribution in [0.15, 0.2) is 51.2 Å². The van der Waals surface area contributed by atoms with Crippen LogP contribution in [0.3, 0.4) is 0 Å². The first kappa shape index (κ1) is 34.9. The second-order valence-corrected chi connectivity index (χ2v) is 11.2. The molecule has 8 N–H and O–H groups in total. The molecule has 0 aliphatic carbocycles. The fourth-order valence-corrected chi connectivity index (χ4v) is 5.06. The summed E-state index contributed by atoms with van der Waals surface area (Å²) in [4.78, 5) is 37.5. The van der Waals surface area contributed by atoms with Crippen molar-refractivity contribution >= 4 is 28.7 Å². The first-order valence-electron chi connectivity index (χ1n) is 13.7. The van der Waals surface area contributed by atoms with E-state index < -0.39 is 59.3 Å². The number of ether oxygens (including phenoxy) is 4. The van der Waals surface area contributed by atoms with Crippen LogP contribution in [0.1, 0.15) is 49.2 Å². The van der Waals surface area contributed by atoms with Gasteiger partial charge >= 0.3 is 11.7 Å². The number of aromatic hydroxyl groups is 2. The van der Waals surface area contributed by atoms with Gasteiger partial charge in [-0.25, -0.2) is 9.59 Å². The van der Waals surface area contributed by atoms with E-state index in [9.17, 15) is 29.7 Å². The van der Waals surface area contributed by atoms with Gasteiger partial charge in [0.2, 0.25) is 6.29 Å². The van der Waals surface area contributed by atoms with Crippen molar-refractivity contribution in [1.29, 1.82) is 0 Å². The predicted octanol–water partition coefficient (Wildman–Crippen LogP) is 2.80. The van der Waals surface area contributed by atoms with Gasteiger partial charge in [0.05, 0.1) is 11.0 Å². The number of aliphatic hydroxyl groups is 1. The zero-order valence-corrected chi connectivity index (χ0v) is 25.7. The highest BCUT2D eigenvalue weighted by atomic mass is 16.7. The highest BCUT2D eigenvalue weighted by Gasteiger charge is 2.53. The first-order valence-corrected chi connectivity index (χ1v) is 13.7. The maximum atomic E-state index is 13.0. The highest BCUT2D eigenvalue weighted by molar-refractivity contribution is 6.06. The van der Waals surface area contributed by atoms with E-state index in [1.54, 1.807) is 20.8 Å². The molecule has 0 unspecified atom stereocenters. The second kappa shape index (κ2) is 13.6. The number of carbonyl (C=O) groups excluding carboxylic acids is 2. The van der Waals surface area contributed by atoms with Gasteiger partial charge in [0.15, 0.2) is 23.6 Å². The number of phenols is 1. The lowest BCUT2D eigenvalue weighted by atomic mass is 9.89. The number of aryl methyl sites for hydroxylation is 1. The normalized spacial score (nSPS) is 20.5. The highest BCUT2D eigenvalue weighted by Crippen LogP contribution is 2.38. The van der Waals surface area contributed by atoms with Gasteiger partial charge in [0.1, 0.15) is 23.2 Å². The van der Waals surface area contributed by atoms with Crippen molar-refractivity contribution in [2.45, 2.75) is 71.2 Å². The minimum atomic E-state index is -1.52. The van der Waals surface area contributed by atoms with Crippen molar-refractivity contribution in [3.8, 4) is 17.2 Å². The Hall–Kier alpha value is -4.63. The first-order chi connectivity index (χ1) is 20.6. The van der Waals surface area contributed by atoms with E-state index in [0.717, 1.165) is 5.57 Å². The number of benzene rings is 2. The molecule has 1 fully saturated rings. The zero-order chi connectivity index (χ0) is 32.5. The molecule has 2 aromatic carbocycles. The lowest BCUT2D eigenvalue weighted by Crippen LogP contribution is -2.65. The van der Waals surface area contributed by atoms with Crippen LogP contribution in [0.4, 0.5) is 10.5 Å². The molecule has 14 nitrogen and oxygen atoms in total. The van der Waals surface area contributed by atoms with Crippen molar-refractivity contribution in [3.05, 3.63) is 69.1 Å². The van der Waals surface area contributed by atoms with Gasteiger partial charge in [-0.15, -0.1) is 0 Å². The monoisotopic (exact) mass is 630 g/mol. The van der Waals surface area contributed by atoms with Gasteiger partial charge in [0, 0.05) is 18.2 Å². The minimum Gasteiger partial charge on any atom is -0.508 e. The maximum Gasteiger partial charge on any atom is 0.404 e. The Labute approximate surface area is 258 Å². The van der Waals surface area contributed by atoms with Gasteiger partial charge in [-0.2, -0.15) is 0 Å². The third-order valence-corrected chi connectivity index (χ3v) is 7.33. The van der Waals surface area contributed by atoms with Crippen molar-refractivity contribution in [1.82, 2.24) is 0 Å². The Morgan fingerprint density at radius 1 is 1.16 bits per heavy atom. The minimum absolute atomic E-state index is 0. The summed E-state index contributed by atoms with van der Waals surface area (Å²) in [7, 11) is 1.37. The van der Waals surface area contributed by atoms with Crippen LogP contribution in [-0.2, 0) is 20.6 Å². The number of hydrogen-bond donors (Lipinski definition) is 5. The maximum absolute atomic E-state index is 13.0. The number of methoxy groups -OCH3 is 1. The van der Waals surface area contributed by atoms with E-state index in [1.165, 1.54) is 37.4 Å². The Bertz CT molecular complexity index is 1680. The number of amides is 2. The number of nitrogens with two attached hydrogens (primary N) is 1. The number of allylic oxidation sites excluding steroid dienone is 2. The largest absolute Gasteiger partial charge is 0.508 e. The molecule has 0 spiro atoms. The zero-order valence-electron chi connectivity index (χ0n) is 25.7. The van der Waals surface area contributed by atoms with Crippen LogP contribution in [0.5, 0.6) is 17.2 Å². The fourth-order valence-electron chi connectivity index (χ4n) is 5.06. The molecule has 2 amide bonds. The number of hydrogen-bond acceptors (Lipinski definition) is 11. The van der Waals surface area contributed by atoms with Crippen molar-refractivity contribution in [2.75, 3.05) is 12.4 Å². The summed E-state index contributed by atoms with van der Waals surface area (Å²) in [5, 5.41) is 34.6. The number of anilines is 1. The molecular weight excluding hydrogens is 592 g/mol. The van der Waals surface area contributed by atoms with Crippen LogP contribution >= 0.6 is 0 Å². The Kier molecular flexibility index (Phi) is 10.5. The summed E-state index contributed by atoms with van der Waals surface area (Å²) >= 11 is 0. The number of primary amides is 1. The Morgan fingerprint density at radius 2 is 1.84 bits per heavy atom. The molecule has 0 saturated carbocycles. The number of nitrogens with one attached hydrogen (secondary N) is 1. The fraction of sp³-hybridized carbons (Fsp3) is 0.387. The third-order valence-electron chi connectivity index (χ3n) is 7.33. The Morgan fingerprint density at radius 3 is 2.47 bits per heavy atom. The molecule has 14 heteroatoms. The summed E-state index contributed by atoms with van der Waals surface area (Å²) in [6.07, 6.45) is -3.81. The molecular formula is C31H38N2O12. The molecule has 2 heterocycles. The molecule has 1 aliphatic heterocycles. The predicted molar refractivity (Wildman–Crippen MR) is 163 cm³/mol. The average Bonchev–Trinajstić information content (AvgIpc) is 2.94. The lowest BCUT2D eigenvalue weighted by Gasteiger charge is -2.47. The smallest absolute Gasteiger partial charge is 0.404 e. The number of fused-ring (bicyclic) bond motifs is 1. The van der Waals surface area contributed by atoms with Gasteiger partial charge in [-0.05, 0) is 76.9 Å². The topological polar surface area (TPSA) is 232 Å². The van der Waals surface area contributed by atoms with E-state index in [0.29, 0.717) is 12.0 Å². The molecule has 0 radical (unpaired) electrons. The lowest BCUT2D eigenvalue weighted by molar-refractivity contribution is -0.304. The molecule has 4 atom stereocenters. The molecule has 244 valence electrons. The van der Waals surface area contributed by atoms with E-state index in [1.807, 2.05) is 19.9 Å². The van der Waals surface area contributed by atoms with Crippen molar-refractivity contribution in [3.63, 3.8) is 0 Å². The quantitative estimate of drug-likeness (QED) is 0.179. The van der Waals surface area contributed by atoms with Crippen molar-refractivity contribution < 1.29 is 53.7 Å². The number of carbonyl (C=O) groups is 2. The van der Waals surface area contributed by atoms with Gasteiger partial charge in [-0.1, -0.05) is 11.6 Å². The summed E-state index contributed by atoms with van der Waals surface area (Å²) in [6, 6.07) is 7.12. The molecule has 1 saturated heterocycles. The molecule has 45 heavy (non-hydrogen) atoms. The van der Waals surface area contributed by atoms with Gasteiger partial charge in [0.25, 0.3) is 5.91 Å². The van der Waals surface area contributed by atoms with E-state index in [-0.39, 0.29) is 39.1 Å². The van der Waals surface area contributed by atoms with Crippen molar-refractivity contribution in [2.24, 2.45) is 5.73 Å². The number of aliphatic hydroxyl groups excluding tert-OH is 1. The standard InChI is InChI=1S/C31H36N2O11.H2O/c1-14(2)7-8-16-13-17(9-11-19(16)34)27(37)33-21-22(35)18-10-12-20(15(3)24(18)42-28(21)38)41-29-23(36)25(43-30(32)39)26(40-6)31(4,5)44-29;/h7,9-13,23,25-26,29,34-36H,8H2,1-6H3,(H2,32,39)(H,33,37);1H2/t23-,25+,26-,29-;/m1./s1. The van der Waals surface area contributed by atoms with Crippen LogP contribution in [0.25, 0.3) is 11.0 Å². The molecule has 4 rings (SSSR count). The number of rotatable bonds is 8. The summed E-state index contributed by atoms with van der Waals surface area (Å²) < 4.78 is 27.9. The molecule has 3 aromatic rings. The summed E-state index contributed by atoms with van der Waals surface area (Å²) in [5.74, 6) is -1.09. The van der Waals surface area contributed by atoms with Crippen LogP contribution in [0.2, 0.25) is 0 Å². The van der Waals surface area contributed by atoms with E-state index >= 15 is 0 Å².